The second-order valence-electron chi connectivity index (χ2n) is 6.90. The van der Waals surface area contributed by atoms with Crippen molar-refractivity contribution >= 4 is 40.1 Å². The molecule has 3 aromatic rings. The van der Waals surface area contributed by atoms with Gasteiger partial charge in [-0.1, -0.05) is 47.8 Å². The fourth-order valence-electron chi connectivity index (χ4n) is 3.33. The molecular weight excluding hydrogens is 409 g/mol. The van der Waals surface area contributed by atoms with Crippen LogP contribution in [0, 0.1) is 0 Å². The van der Waals surface area contributed by atoms with Crippen molar-refractivity contribution in [2.24, 2.45) is 0 Å². The molecule has 0 fully saturated rings. The Hall–Kier alpha value is -2.08. The topological polar surface area (TPSA) is 56.1 Å². The summed E-state index contributed by atoms with van der Waals surface area (Å²) in [6.07, 6.45) is 3.76. The first-order valence-electron chi connectivity index (χ1n) is 9.73. The molecule has 0 aliphatic heterocycles. The van der Waals surface area contributed by atoms with E-state index in [4.69, 9.17) is 32.9 Å². The van der Waals surface area contributed by atoms with Crippen molar-refractivity contribution < 1.29 is 9.53 Å². The Morgan fingerprint density at radius 1 is 1.07 bits per heavy atom. The zero-order chi connectivity index (χ0) is 20.6. The third-order valence-electron chi connectivity index (χ3n) is 4.79. The van der Waals surface area contributed by atoms with E-state index in [1.54, 1.807) is 0 Å². The summed E-state index contributed by atoms with van der Waals surface area (Å²) in [7, 11) is 1.52. The van der Waals surface area contributed by atoms with Crippen molar-refractivity contribution in [3.8, 4) is 0 Å². The molecule has 29 heavy (non-hydrogen) atoms. The summed E-state index contributed by atoms with van der Waals surface area (Å²) in [5.74, 6) is 0.941. The molecule has 1 aromatic heterocycles. The monoisotopic (exact) mass is 433 g/mol. The Morgan fingerprint density at radius 3 is 2.59 bits per heavy atom. The molecule has 0 aliphatic rings. The zero-order valence-electron chi connectivity index (χ0n) is 16.5. The molecule has 0 aliphatic carbocycles. The highest BCUT2D eigenvalue weighted by Gasteiger charge is 2.14. The van der Waals surface area contributed by atoms with Gasteiger partial charge in [-0.2, -0.15) is 0 Å². The van der Waals surface area contributed by atoms with Gasteiger partial charge in [-0.15, -0.1) is 0 Å². The lowest BCUT2D eigenvalue weighted by Gasteiger charge is -2.12. The van der Waals surface area contributed by atoms with Crippen molar-refractivity contribution in [1.29, 1.82) is 0 Å². The van der Waals surface area contributed by atoms with Gasteiger partial charge < -0.3 is 14.6 Å². The SMILES string of the molecule is COCC(=O)NCCCCCc1nc2ccccc2n1Cc1c(Cl)cccc1Cl. The number of nitrogens with zero attached hydrogens (tertiary/aromatic N) is 2. The van der Waals surface area contributed by atoms with Gasteiger partial charge in [0, 0.05) is 35.7 Å². The van der Waals surface area contributed by atoms with Crippen LogP contribution in [-0.4, -0.2) is 35.7 Å². The Labute approximate surface area is 181 Å². The first-order valence-corrected chi connectivity index (χ1v) is 10.5. The number of hydrogen-bond acceptors (Lipinski definition) is 3. The number of aromatic nitrogens is 2. The van der Waals surface area contributed by atoms with Crippen molar-refractivity contribution in [3.63, 3.8) is 0 Å². The maximum atomic E-state index is 11.4. The highest BCUT2D eigenvalue weighted by molar-refractivity contribution is 6.36. The van der Waals surface area contributed by atoms with E-state index in [1.807, 2.05) is 36.4 Å². The van der Waals surface area contributed by atoms with Crippen LogP contribution in [0.2, 0.25) is 10.0 Å². The summed E-state index contributed by atoms with van der Waals surface area (Å²) < 4.78 is 7.00. The van der Waals surface area contributed by atoms with Crippen LogP contribution in [0.5, 0.6) is 0 Å². The number of methoxy groups -OCH3 is 1. The minimum atomic E-state index is -0.0779. The Bertz CT molecular complexity index is 952. The highest BCUT2D eigenvalue weighted by Crippen LogP contribution is 2.28. The average molecular weight is 434 g/mol. The molecule has 5 nitrogen and oxygen atoms in total. The lowest BCUT2D eigenvalue weighted by atomic mass is 10.1. The van der Waals surface area contributed by atoms with Crippen molar-refractivity contribution in [1.82, 2.24) is 14.9 Å². The summed E-state index contributed by atoms with van der Waals surface area (Å²) in [5, 5.41) is 4.17. The van der Waals surface area contributed by atoms with Gasteiger partial charge >= 0.3 is 0 Å². The number of hydrogen-bond donors (Lipinski definition) is 1. The molecule has 2 aromatic carbocycles. The van der Waals surface area contributed by atoms with Gasteiger partial charge in [0.05, 0.1) is 17.6 Å². The van der Waals surface area contributed by atoms with Gasteiger partial charge in [0.25, 0.3) is 0 Å². The first-order chi connectivity index (χ1) is 14.1. The number of rotatable bonds is 10. The number of amides is 1. The van der Waals surface area contributed by atoms with Gasteiger partial charge in [0.2, 0.25) is 5.91 Å². The number of ether oxygens (including phenoxy) is 1. The average Bonchev–Trinajstić information content (AvgIpc) is 3.05. The predicted octanol–water partition coefficient (Wildman–Crippen LogP) is 4.87. The number of para-hydroxylation sites is 2. The largest absolute Gasteiger partial charge is 0.375 e. The van der Waals surface area contributed by atoms with E-state index in [2.05, 4.69) is 16.0 Å². The van der Waals surface area contributed by atoms with Crippen LogP contribution in [0.15, 0.2) is 42.5 Å². The summed E-state index contributed by atoms with van der Waals surface area (Å²) in [6.45, 7) is 1.35. The Morgan fingerprint density at radius 2 is 1.83 bits per heavy atom. The molecule has 1 heterocycles. The number of nitrogens with one attached hydrogen (secondary N) is 1. The molecule has 154 valence electrons. The smallest absolute Gasteiger partial charge is 0.245 e. The van der Waals surface area contributed by atoms with Crippen LogP contribution in [0.4, 0.5) is 0 Å². The van der Waals surface area contributed by atoms with Gasteiger partial charge in [-0.3, -0.25) is 4.79 Å². The first kappa shape index (κ1) is 21.6. The fourth-order valence-corrected chi connectivity index (χ4v) is 3.85. The number of carbonyl (C=O) groups is 1. The van der Waals surface area contributed by atoms with E-state index in [9.17, 15) is 4.79 Å². The third kappa shape index (κ3) is 5.72. The molecule has 0 saturated heterocycles. The molecule has 0 radical (unpaired) electrons. The van der Waals surface area contributed by atoms with Crippen LogP contribution in [0.25, 0.3) is 11.0 Å². The lowest BCUT2D eigenvalue weighted by Crippen LogP contribution is -2.27. The number of benzene rings is 2. The molecule has 0 atom stereocenters. The molecule has 0 saturated carbocycles. The number of imidazole rings is 1. The normalized spacial score (nSPS) is 11.1. The Balaban J connectivity index is 1.67. The molecular formula is C22H25Cl2N3O2. The van der Waals surface area contributed by atoms with Gasteiger partial charge in [0.1, 0.15) is 12.4 Å². The molecule has 1 N–H and O–H groups in total. The van der Waals surface area contributed by atoms with E-state index in [-0.39, 0.29) is 12.5 Å². The van der Waals surface area contributed by atoms with Crippen LogP contribution in [0.3, 0.4) is 0 Å². The third-order valence-corrected chi connectivity index (χ3v) is 5.49. The van der Waals surface area contributed by atoms with E-state index in [0.717, 1.165) is 48.1 Å². The standard InChI is InChI=1S/C22H25Cl2N3O2/c1-29-15-22(28)25-13-6-2-3-12-21-26-19-10-4-5-11-20(19)27(21)14-16-17(23)8-7-9-18(16)24/h4-5,7-11H,2-3,6,12-15H2,1H3,(H,25,28). The van der Waals surface area contributed by atoms with Crippen LogP contribution >= 0.6 is 23.2 Å². The summed E-state index contributed by atoms with van der Waals surface area (Å²) in [5.41, 5.74) is 2.95. The van der Waals surface area contributed by atoms with Gasteiger partial charge in [0.15, 0.2) is 0 Å². The van der Waals surface area contributed by atoms with Crippen LogP contribution in [0.1, 0.15) is 30.7 Å². The molecule has 7 heteroatoms. The summed E-state index contributed by atoms with van der Waals surface area (Å²) in [4.78, 5) is 16.2. The van der Waals surface area contributed by atoms with Gasteiger partial charge in [-0.25, -0.2) is 4.98 Å². The number of halogens is 2. The van der Waals surface area contributed by atoms with Crippen molar-refractivity contribution in [2.45, 2.75) is 32.2 Å². The maximum Gasteiger partial charge on any atom is 0.245 e. The Kier molecular flexibility index (Phi) is 7.92. The number of carbonyl (C=O) groups excluding carboxylic acids is 1. The minimum Gasteiger partial charge on any atom is -0.375 e. The second-order valence-corrected chi connectivity index (χ2v) is 7.71. The van der Waals surface area contributed by atoms with Gasteiger partial charge in [-0.05, 0) is 37.1 Å². The van der Waals surface area contributed by atoms with Crippen LogP contribution in [-0.2, 0) is 22.5 Å². The molecule has 1 amide bonds. The second kappa shape index (κ2) is 10.6. The molecule has 0 unspecified atom stereocenters. The molecule has 0 bridgehead atoms. The van der Waals surface area contributed by atoms with E-state index < -0.39 is 0 Å². The van der Waals surface area contributed by atoms with E-state index in [0.29, 0.717) is 23.1 Å². The highest BCUT2D eigenvalue weighted by atomic mass is 35.5. The molecule has 0 spiro atoms. The van der Waals surface area contributed by atoms with Crippen molar-refractivity contribution in [2.75, 3.05) is 20.3 Å². The zero-order valence-corrected chi connectivity index (χ0v) is 18.0. The number of unbranched alkanes of at least 4 members (excludes halogenated alkanes) is 2. The molecule has 3 rings (SSSR count). The quantitative estimate of drug-likeness (QED) is 0.464. The summed E-state index contributed by atoms with van der Waals surface area (Å²) >= 11 is 12.8. The fraction of sp³-hybridized carbons (Fsp3) is 0.364. The lowest BCUT2D eigenvalue weighted by molar-refractivity contribution is -0.124. The van der Waals surface area contributed by atoms with E-state index >= 15 is 0 Å². The predicted molar refractivity (Wildman–Crippen MR) is 118 cm³/mol. The number of aryl methyl sites for hydroxylation is 1. The minimum absolute atomic E-state index is 0.0779. The van der Waals surface area contributed by atoms with E-state index in [1.165, 1.54) is 7.11 Å². The summed E-state index contributed by atoms with van der Waals surface area (Å²) in [6, 6.07) is 13.7. The van der Waals surface area contributed by atoms with Crippen molar-refractivity contribution in [3.05, 3.63) is 63.9 Å². The maximum absolute atomic E-state index is 11.4. The number of fused-ring (bicyclic) bond motifs is 1. The van der Waals surface area contributed by atoms with Crippen LogP contribution < -0.4 is 5.32 Å².